The van der Waals surface area contributed by atoms with Crippen LogP contribution in [0, 0.1) is 0 Å². The molecule has 0 radical (unpaired) electrons. The molecule has 0 amide bonds. The molecule has 32 valence electrons. The van der Waals surface area contributed by atoms with E-state index < -0.39 is 0 Å². The van der Waals surface area contributed by atoms with Gasteiger partial charge in [-0.25, -0.2) is 0 Å². The highest BCUT2D eigenvalue weighted by Gasteiger charge is 1.48. The smallest absolute Gasteiger partial charge is 0.0353 e. The van der Waals surface area contributed by atoms with Gasteiger partial charge in [-0.2, -0.15) is 0 Å². The molecule has 0 aliphatic carbocycles. The summed E-state index contributed by atoms with van der Waals surface area (Å²) in [4.78, 5) is 0. The fourth-order valence-corrected chi connectivity index (χ4v) is 0.365. The third-order valence-corrected chi connectivity index (χ3v) is 0.711. The minimum atomic E-state index is 1.04. The molecular weight excluding hydrogens is 91.0 g/mol. The zero-order valence-corrected chi connectivity index (χ0v) is 4.49. The van der Waals surface area contributed by atoms with Crippen molar-refractivity contribution in [3.05, 3.63) is 24.5 Å². The molecule has 0 saturated heterocycles. The maximum Gasteiger partial charge on any atom is -0.0353 e. The van der Waals surface area contributed by atoms with Gasteiger partial charge in [-0.15, -0.1) is 0 Å². The van der Waals surface area contributed by atoms with Crippen molar-refractivity contribution in [3.63, 3.8) is 0 Å². The van der Waals surface area contributed by atoms with E-state index in [4.69, 9.17) is 0 Å². The van der Waals surface area contributed by atoms with Crippen LogP contribution in [-0.4, -0.2) is 6.30 Å². The maximum atomic E-state index is 3.56. The summed E-state index contributed by atoms with van der Waals surface area (Å²) in [6.45, 7) is 3.48. The van der Waals surface area contributed by atoms with Crippen LogP contribution in [0.25, 0.3) is 0 Å². The summed E-state index contributed by atoms with van der Waals surface area (Å²) in [5.74, 6) is 1.92. The molecule has 0 aromatic rings. The van der Waals surface area contributed by atoms with Crippen LogP contribution in [0.1, 0.15) is 0 Å². The second-order valence-corrected chi connectivity index (χ2v) is 1.42. The Hall–Kier alpha value is -0.350. The second-order valence-electron chi connectivity index (χ2n) is 0.760. The van der Waals surface area contributed by atoms with Gasteiger partial charge in [-0.1, -0.05) is 33.2 Å². The quantitative estimate of drug-likeness (QED) is 0.366. The Bertz CT molecular complexity index is 62.0. The molecule has 0 fully saturated rings. The van der Waals surface area contributed by atoms with E-state index in [1.54, 1.807) is 6.08 Å². The van der Waals surface area contributed by atoms with E-state index in [0.717, 1.165) is 8.20 Å². The van der Waals surface area contributed by atoms with Crippen molar-refractivity contribution >= 4 is 14.5 Å². The molecule has 0 unspecified atom stereocenters. The summed E-state index contributed by atoms with van der Waals surface area (Å²) in [6.07, 6.45) is 7.16. The fraction of sp³-hybridized carbons (Fsp3) is 0. The van der Waals surface area contributed by atoms with Crippen molar-refractivity contribution in [1.29, 1.82) is 0 Å². The highest BCUT2D eigenvalue weighted by Crippen LogP contribution is 1.89. The third-order valence-electron chi connectivity index (χ3n) is 0.328. The lowest BCUT2D eigenvalue weighted by Crippen LogP contribution is -1.31. The average Bonchev–Trinajstić information content (AvgIpc) is 1.61. The summed E-state index contributed by atoms with van der Waals surface area (Å²) in [5, 5.41) is 0. The van der Waals surface area contributed by atoms with Crippen LogP contribution in [0.15, 0.2) is 24.5 Å². The Balaban J connectivity index is 3.17. The predicted molar refractivity (Wildman–Crippen MR) is 33.4 cm³/mol. The van der Waals surface area contributed by atoms with Crippen molar-refractivity contribution in [2.24, 2.45) is 0 Å². The van der Waals surface area contributed by atoms with Gasteiger partial charge >= 0.3 is 0 Å². The summed E-state index contributed by atoms with van der Waals surface area (Å²) < 4.78 is 0. The Kier molecular flexibility index (Phi) is 4.38. The van der Waals surface area contributed by atoms with Gasteiger partial charge in [-0.3, -0.25) is 0 Å². The lowest BCUT2D eigenvalue weighted by atomic mass is 10.6. The molecule has 0 N–H and O–H groups in total. The number of rotatable bonds is 2. The molecule has 0 nitrogen and oxygen atoms in total. The van der Waals surface area contributed by atoms with Gasteiger partial charge < -0.3 is 0 Å². The van der Waals surface area contributed by atoms with Gasteiger partial charge in [0.05, 0.1) is 0 Å². The third kappa shape index (κ3) is 3.65. The molecule has 0 heterocycles. The first-order chi connectivity index (χ1) is 2.91. The maximum absolute atomic E-state index is 3.56. The zero-order chi connectivity index (χ0) is 4.83. The molecule has 6 heavy (non-hydrogen) atoms. The molecule has 0 aromatic carbocycles. The Morgan fingerprint density at radius 2 is 2.17 bits per heavy atom. The molecule has 0 aromatic heterocycles. The lowest BCUT2D eigenvalue weighted by Gasteiger charge is -1.59. The lowest BCUT2D eigenvalue weighted by molar-refractivity contribution is 2.12. The SMILES string of the molecule is C=C/C=C\P=C. The predicted octanol–water partition coefficient (Wildman–Crippen LogP) is 2.06. The standard InChI is InChI=1S/C5H7P/c1-3-4-5-6-2/h3-5H,1-2H2/b5-4-. The van der Waals surface area contributed by atoms with Crippen molar-refractivity contribution in [2.75, 3.05) is 0 Å². The summed E-state index contributed by atoms with van der Waals surface area (Å²) in [5.41, 5.74) is 0. The van der Waals surface area contributed by atoms with E-state index in [1.165, 1.54) is 0 Å². The average molecular weight is 98.1 g/mol. The Morgan fingerprint density at radius 3 is 2.33 bits per heavy atom. The van der Waals surface area contributed by atoms with E-state index in [9.17, 15) is 0 Å². The normalized spacial score (nSPS) is 10.0. The first-order valence-corrected chi connectivity index (χ1v) is 2.80. The fourth-order valence-electron chi connectivity index (χ4n) is 0.122. The molecule has 0 aliphatic heterocycles. The number of hydrogen-bond donors (Lipinski definition) is 0. The summed E-state index contributed by atoms with van der Waals surface area (Å²) in [6, 6.07) is 0. The molecular formula is C5H7P. The number of hydrogen-bond acceptors (Lipinski definition) is 0. The minimum Gasteiger partial charge on any atom is -0.0991 e. The van der Waals surface area contributed by atoms with Crippen LogP contribution < -0.4 is 0 Å². The topological polar surface area (TPSA) is 0 Å². The molecule has 0 bridgehead atoms. The first kappa shape index (κ1) is 5.65. The first-order valence-electron chi connectivity index (χ1n) is 1.65. The zero-order valence-electron chi connectivity index (χ0n) is 3.59. The molecule has 1 heteroatoms. The van der Waals surface area contributed by atoms with Crippen LogP contribution in [0.4, 0.5) is 0 Å². The molecule has 0 rings (SSSR count). The van der Waals surface area contributed by atoms with Gasteiger partial charge in [0.25, 0.3) is 0 Å². The van der Waals surface area contributed by atoms with E-state index >= 15 is 0 Å². The van der Waals surface area contributed by atoms with Gasteiger partial charge in [0, 0.05) is 0 Å². The Morgan fingerprint density at radius 1 is 1.50 bits per heavy atom. The van der Waals surface area contributed by atoms with Gasteiger partial charge in [-0.05, 0) is 5.82 Å². The van der Waals surface area contributed by atoms with E-state index in [2.05, 4.69) is 12.9 Å². The van der Waals surface area contributed by atoms with Crippen molar-refractivity contribution in [1.82, 2.24) is 0 Å². The van der Waals surface area contributed by atoms with Crippen LogP contribution in [0.2, 0.25) is 0 Å². The van der Waals surface area contributed by atoms with E-state index in [0.29, 0.717) is 0 Å². The molecule has 0 spiro atoms. The molecule has 0 saturated carbocycles. The monoisotopic (exact) mass is 98.0 g/mol. The molecule has 0 atom stereocenters. The molecule has 0 aliphatic rings. The van der Waals surface area contributed by atoms with Crippen molar-refractivity contribution in [2.45, 2.75) is 0 Å². The van der Waals surface area contributed by atoms with E-state index in [-0.39, 0.29) is 0 Å². The minimum absolute atomic E-state index is 1.04. The van der Waals surface area contributed by atoms with Crippen LogP contribution in [-0.2, 0) is 0 Å². The number of allylic oxidation sites excluding steroid dienone is 2. The largest absolute Gasteiger partial charge is 0.0991 e. The highest BCUT2D eigenvalue weighted by molar-refractivity contribution is 7.40. The summed E-state index contributed by atoms with van der Waals surface area (Å²) in [7, 11) is 1.04. The van der Waals surface area contributed by atoms with Crippen molar-refractivity contribution in [3.8, 4) is 0 Å². The van der Waals surface area contributed by atoms with Gasteiger partial charge in [0.1, 0.15) is 0 Å². The highest BCUT2D eigenvalue weighted by atomic mass is 31.1. The Labute approximate surface area is 40.0 Å². The van der Waals surface area contributed by atoms with Crippen LogP contribution >= 0.6 is 8.20 Å². The van der Waals surface area contributed by atoms with E-state index in [1.807, 2.05) is 11.9 Å². The van der Waals surface area contributed by atoms with Crippen LogP contribution in [0.5, 0.6) is 0 Å². The van der Waals surface area contributed by atoms with Crippen molar-refractivity contribution < 1.29 is 0 Å². The second kappa shape index (κ2) is 4.65. The van der Waals surface area contributed by atoms with Crippen LogP contribution in [0.3, 0.4) is 0 Å². The van der Waals surface area contributed by atoms with Gasteiger partial charge in [0.2, 0.25) is 0 Å². The van der Waals surface area contributed by atoms with Gasteiger partial charge in [0.15, 0.2) is 0 Å². The summed E-state index contributed by atoms with van der Waals surface area (Å²) >= 11 is 0.